The van der Waals surface area contributed by atoms with Gasteiger partial charge in [-0.25, -0.2) is 0 Å². The first kappa shape index (κ1) is 23.6. The van der Waals surface area contributed by atoms with E-state index in [9.17, 15) is 0 Å². The third-order valence-corrected chi connectivity index (χ3v) is 7.68. The Morgan fingerprint density at radius 2 is 1.49 bits per heavy atom. The fourth-order valence-electron chi connectivity index (χ4n) is 5.46. The van der Waals surface area contributed by atoms with E-state index in [0.29, 0.717) is 0 Å². The van der Waals surface area contributed by atoms with Crippen LogP contribution in [0.2, 0.25) is 0 Å². The summed E-state index contributed by atoms with van der Waals surface area (Å²) >= 11 is 6.13. The third kappa shape index (κ3) is 4.23. The van der Waals surface area contributed by atoms with E-state index in [4.69, 9.17) is 17.0 Å². The minimum atomic E-state index is 0.726. The molecule has 5 heteroatoms. The van der Waals surface area contributed by atoms with Crippen molar-refractivity contribution in [1.82, 2.24) is 8.97 Å². The molecule has 1 N–H and O–H groups in total. The molecule has 6 rings (SSSR count). The number of aryl methyl sites for hydroxylation is 4. The lowest BCUT2D eigenvalue weighted by Crippen LogP contribution is -2.14. The minimum Gasteiger partial charge on any atom is -0.497 e. The fraction of sp³-hybridized carbons (Fsp3) is 0.219. The van der Waals surface area contributed by atoms with Crippen LogP contribution in [0.4, 0.5) is 5.69 Å². The predicted octanol–water partition coefficient (Wildman–Crippen LogP) is 7.82. The number of rotatable bonds is 5. The second-order valence-electron chi connectivity index (χ2n) is 9.93. The smallest absolute Gasteiger partial charge is 0.128 e. The molecule has 0 radical (unpaired) electrons. The Kier molecular flexibility index (Phi) is 6.09. The molecule has 0 amide bonds. The molecular formula is C32H31N3OS. The summed E-state index contributed by atoms with van der Waals surface area (Å²) in [7, 11) is 1.71. The molecule has 5 aromatic rings. The van der Waals surface area contributed by atoms with Crippen LogP contribution in [0.3, 0.4) is 0 Å². The van der Waals surface area contributed by atoms with Crippen LogP contribution >= 0.6 is 12.2 Å². The average molecular weight is 506 g/mol. The van der Waals surface area contributed by atoms with Gasteiger partial charge in [0, 0.05) is 29.6 Å². The van der Waals surface area contributed by atoms with Crippen LogP contribution in [0.15, 0.2) is 79.0 Å². The standard InChI is InChI=1S/C32H31N3OS/c1-21-7-11-23(12-8-21)28-20-35-30(31(37)33-25-15-9-22(2)10-16-25)29(24-13-17-26(36-3)18-14-24)27-6-4-5-19-34(28)32(27)35/h7-18,20H,4-6,19H2,1-3H3,(H,33,37). The first-order valence-corrected chi connectivity index (χ1v) is 13.3. The molecule has 2 aromatic heterocycles. The van der Waals surface area contributed by atoms with Crippen molar-refractivity contribution in [3.05, 3.63) is 101 Å². The molecule has 0 saturated carbocycles. The van der Waals surface area contributed by atoms with E-state index < -0.39 is 0 Å². The first-order chi connectivity index (χ1) is 18.0. The molecule has 0 aliphatic carbocycles. The normalized spacial score (nSPS) is 12.9. The minimum absolute atomic E-state index is 0.726. The largest absolute Gasteiger partial charge is 0.497 e. The molecule has 0 atom stereocenters. The lowest BCUT2D eigenvalue weighted by Gasteiger charge is -2.13. The zero-order valence-corrected chi connectivity index (χ0v) is 22.4. The van der Waals surface area contributed by atoms with Crippen molar-refractivity contribution < 1.29 is 4.74 Å². The van der Waals surface area contributed by atoms with Crippen molar-refractivity contribution in [2.75, 3.05) is 12.4 Å². The zero-order valence-electron chi connectivity index (χ0n) is 21.5. The third-order valence-electron chi connectivity index (χ3n) is 7.38. The Balaban J connectivity index is 1.59. The highest BCUT2D eigenvalue weighted by molar-refractivity contribution is 7.81. The molecule has 3 aromatic carbocycles. The van der Waals surface area contributed by atoms with E-state index in [1.165, 1.54) is 39.2 Å². The number of nitrogens with zero attached hydrogens (tertiary/aromatic N) is 2. The van der Waals surface area contributed by atoms with Gasteiger partial charge in [-0.2, -0.15) is 0 Å². The maximum absolute atomic E-state index is 6.13. The summed E-state index contributed by atoms with van der Waals surface area (Å²) in [6, 6.07) is 25.6. The predicted molar refractivity (Wildman–Crippen MR) is 157 cm³/mol. The van der Waals surface area contributed by atoms with Crippen LogP contribution < -0.4 is 10.1 Å². The Morgan fingerprint density at radius 1 is 0.838 bits per heavy atom. The summed E-state index contributed by atoms with van der Waals surface area (Å²) in [6.07, 6.45) is 5.60. The first-order valence-electron chi connectivity index (χ1n) is 12.9. The van der Waals surface area contributed by atoms with Crippen LogP contribution in [0, 0.1) is 13.8 Å². The van der Waals surface area contributed by atoms with Crippen molar-refractivity contribution in [3.63, 3.8) is 0 Å². The lowest BCUT2D eigenvalue weighted by molar-refractivity contribution is 0.415. The van der Waals surface area contributed by atoms with Crippen molar-refractivity contribution in [2.45, 2.75) is 39.7 Å². The number of anilines is 1. The maximum Gasteiger partial charge on any atom is 0.128 e. The van der Waals surface area contributed by atoms with Gasteiger partial charge in [0.05, 0.1) is 18.5 Å². The SMILES string of the molecule is COc1ccc(-c2c3c4n(c(-c5ccc(C)cc5)cn4c2C(=S)Nc2ccc(C)cc2)CCCC3)cc1. The van der Waals surface area contributed by atoms with Crippen molar-refractivity contribution in [2.24, 2.45) is 0 Å². The van der Waals surface area contributed by atoms with Gasteiger partial charge in [0.15, 0.2) is 0 Å². The molecule has 1 aliphatic heterocycles. The number of hydrogen-bond donors (Lipinski definition) is 1. The zero-order chi connectivity index (χ0) is 25.5. The Morgan fingerprint density at radius 3 is 2.16 bits per heavy atom. The molecule has 37 heavy (non-hydrogen) atoms. The summed E-state index contributed by atoms with van der Waals surface area (Å²) in [5.74, 6) is 0.853. The molecule has 1 aliphatic rings. The van der Waals surface area contributed by atoms with Gasteiger partial charge in [-0.15, -0.1) is 0 Å². The molecule has 0 fully saturated rings. The molecule has 0 unspecified atom stereocenters. The van der Waals surface area contributed by atoms with Crippen molar-refractivity contribution in [3.8, 4) is 28.1 Å². The molecule has 186 valence electrons. The molecular weight excluding hydrogens is 474 g/mol. The lowest BCUT2D eigenvalue weighted by atomic mass is 9.97. The summed E-state index contributed by atoms with van der Waals surface area (Å²) in [5.41, 5.74) is 12.0. The summed E-state index contributed by atoms with van der Waals surface area (Å²) in [6.45, 7) is 5.23. The summed E-state index contributed by atoms with van der Waals surface area (Å²) in [5, 5.41) is 3.54. The van der Waals surface area contributed by atoms with E-state index in [0.717, 1.165) is 53.5 Å². The fourth-order valence-corrected chi connectivity index (χ4v) is 5.78. The number of aromatic nitrogens is 2. The van der Waals surface area contributed by atoms with Gasteiger partial charge < -0.3 is 14.6 Å². The van der Waals surface area contributed by atoms with E-state index in [1.807, 2.05) is 12.1 Å². The second kappa shape index (κ2) is 9.56. The second-order valence-corrected chi connectivity index (χ2v) is 10.3. The van der Waals surface area contributed by atoms with Gasteiger partial charge in [0.2, 0.25) is 0 Å². The number of ether oxygens (including phenoxy) is 1. The van der Waals surface area contributed by atoms with Gasteiger partial charge in [0.1, 0.15) is 16.4 Å². The van der Waals surface area contributed by atoms with E-state index in [2.05, 4.69) is 95.0 Å². The van der Waals surface area contributed by atoms with E-state index in [-0.39, 0.29) is 0 Å². The van der Waals surface area contributed by atoms with Gasteiger partial charge in [-0.05, 0) is 68.5 Å². The number of nitrogens with one attached hydrogen (secondary N) is 1. The van der Waals surface area contributed by atoms with Crippen molar-refractivity contribution in [1.29, 1.82) is 0 Å². The molecule has 0 bridgehead atoms. The quantitative estimate of drug-likeness (QED) is 0.247. The van der Waals surface area contributed by atoms with E-state index in [1.54, 1.807) is 7.11 Å². The topological polar surface area (TPSA) is 30.6 Å². The van der Waals surface area contributed by atoms with Crippen LogP contribution in [-0.2, 0) is 13.0 Å². The van der Waals surface area contributed by atoms with Gasteiger partial charge in [0.25, 0.3) is 0 Å². The van der Waals surface area contributed by atoms with Gasteiger partial charge in [-0.1, -0.05) is 71.9 Å². The number of hydrogen-bond acceptors (Lipinski definition) is 2. The molecule has 0 saturated heterocycles. The van der Waals surface area contributed by atoms with Crippen molar-refractivity contribution >= 4 is 28.5 Å². The number of imidazole rings is 1. The number of thiocarbonyl (C=S) groups is 1. The van der Waals surface area contributed by atoms with Crippen LogP contribution in [0.5, 0.6) is 5.75 Å². The Bertz CT molecular complexity index is 1590. The van der Waals surface area contributed by atoms with E-state index >= 15 is 0 Å². The molecule has 4 nitrogen and oxygen atoms in total. The van der Waals surface area contributed by atoms with Gasteiger partial charge >= 0.3 is 0 Å². The maximum atomic E-state index is 6.13. The van der Waals surface area contributed by atoms with Crippen LogP contribution in [0.1, 0.15) is 35.2 Å². The summed E-state index contributed by atoms with van der Waals surface area (Å²) < 4.78 is 10.3. The number of benzene rings is 3. The highest BCUT2D eigenvalue weighted by Crippen LogP contribution is 2.40. The van der Waals surface area contributed by atoms with Gasteiger partial charge in [-0.3, -0.25) is 4.40 Å². The van der Waals surface area contributed by atoms with Crippen LogP contribution in [0.25, 0.3) is 28.0 Å². The molecule has 3 heterocycles. The monoisotopic (exact) mass is 505 g/mol. The Hall–Kier alpha value is -3.83. The number of methoxy groups -OCH3 is 1. The molecule has 0 spiro atoms. The van der Waals surface area contributed by atoms with Crippen LogP contribution in [-0.4, -0.2) is 21.1 Å². The average Bonchev–Trinajstić information content (AvgIpc) is 3.33. The summed E-state index contributed by atoms with van der Waals surface area (Å²) in [4.78, 5) is 0.726. The highest BCUT2D eigenvalue weighted by atomic mass is 32.1. The Labute approximate surface area is 223 Å². The highest BCUT2D eigenvalue weighted by Gasteiger charge is 2.28.